The second-order valence-electron chi connectivity index (χ2n) is 5.38. The van der Waals surface area contributed by atoms with Crippen LogP contribution in [0, 0.1) is 0 Å². The Balaban J connectivity index is 1.81. The Morgan fingerprint density at radius 1 is 1.12 bits per heavy atom. The fourth-order valence-electron chi connectivity index (χ4n) is 2.50. The van der Waals surface area contributed by atoms with Gasteiger partial charge in [-0.25, -0.2) is 8.42 Å². The predicted octanol–water partition coefficient (Wildman–Crippen LogP) is 4.03. The molecule has 0 aliphatic carbocycles. The molecule has 0 aromatic heterocycles. The topological polar surface area (TPSA) is 66.5 Å². The Hall–Kier alpha value is -1.57. The molecule has 1 saturated heterocycles. The maximum atomic E-state index is 12.4. The van der Waals surface area contributed by atoms with Crippen molar-refractivity contribution in [2.24, 2.45) is 0 Å². The zero-order valence-electron chi connectivity index (χ0n) is 12.5. The molecule has 1 heterocycles. The summed E-state index contributed by atoms with van der Waals surface area (Å²) in [6, 6.07) is 11.1. The summed E-state index contributed by atoms with van der Waals surface area (Å²) >= 11 is 9.23. The molecule has 1 fully saturated rings. The molecule has 126 valence electrons. The molecule has 2 aromatic carbocycles. The molecule has 0 bridgehead atoms. The highest BCUT2D eigenvalue weighted by Crippen LogP contribution is 2.28. The molecule has 1 aliphatic rings. The van der Waals surface area contributed by atoms with Crippen molar-refractivity contribution >= 4 is 54.8 Å². The Morgan fingerprint density at radius 2 is 1.83 bits per heavy atom. The van der Waals surface area contributed by atoms with Crippen molar-refractivity contribution in [2.75, 3.05) is 16.2 Å². The van der Waals surface area contributed by atoms with E-state index in [4.69, 9.17) is 11.6 Å². The van der Waals surface area contributed by atoms with Gasteiger partial charge in [-0.05, 0) is 64.8 Å². The van der Waals surface area contributed by atoms with Gasteiger partial charge in [-0.15, -0.1) is 0 Å². The summed E-state index contributed by atoms with van der Waals surface area (Å²) in [5.41, 5.74) is 1.09. The first-order valence-corrected chi connectivity index (χ1v) is 9.90. The number of hydrogen-bond acceptors (Lipinski definition) is 3. The zero-order valence-corrected chi connectivity index (χ0v) is 15.7. The van der Waals surface area contributed by atoms with Gasteiger partial charge in [-0.1, -0.05) is 11.6 Å². The number of sulfonamides is 1. The summed E-state index contributed by atoms with van der Waals surface area (Å²) in [5, 5.41) is 0.415. The number of rotatable bonds is 4. The van der Waals surface area contributed by atoms with Crippen LogP contribution in [0.4, 0.5) is 11.4 Å². The number of nitrogens with zero attached hydrogens (tertiary/aromatic N) is 1. The van der Waals surface area contributed by atoms with E-state index in [9.17, 15) is 13.2 Å². The maximum Gasteiger partial charge on any atom is 0.261 e. The zero-order chi connectivity index (χ0) is 17.3. The van der Waals surface area contributed by atoms with Crippen LogP contribution >= 0.6 is 27.5 Å². The normalized spacial score (nSPS) is 14.9. The van der Waals surface area contributed by atoms with Gasteiger partial charge in [-0.3, -0.25) is 9.52 Å². The number of hydrogen-bond donors (Lipinski definition) is 1. The summed E-state index contributed by atoms with van der Waals surface area (Å²) in [6.45, 7) is 0.667. The molecule has 5 nitrogen and oxygen atoms in total. The number of benzene rings is 2. The fourth-order valence-corrected chi connectivity index (χ4v) is 3.98. The molecule has 0 spiro atoms. The van der Waals surface area contributed by atoms with Crippen LogP contribution in [0.15, 0.2) is 51.8 Å². The molecule has 3 rings (SSSR count). The third-order valence-corrected chi connectivity index (χ3v) is 6.33. The molecule has 8 heteroatoms. The van der Waals surface area contributed by atoms with E-state index in [1.807, 2.05) is 0 Å². The first kappa shape index (κ1) is 17.3. The Labute approximate surface area is 153 Å². The van der Waals surface area contributed by atoms with E-state index in [2.05, 4.69) is 20.7 Å². The Morgan fingerprint density at radius 3 is 2.42 bits per heavy atom. The lowest BCUT2D eigenvalue weighted by Gasteiger charge is -2.16. The van der Waals surface area contributed by atoms with Gasteiger partial charge in [0, 0.05) is 23.1 Å². The molecule has 0 saturated carbocycles. The highest BCUT2D eigenvalue weighted by molar-refractivity contribution is 9.10. The van der Waals surface area contributed by atoms with Crippen LogP contribution in [-0.4, -0.2) is 20.9 Å². The van der Waals surface area contributed by atoms with E-state index < -0.39 is 10.0 Å². The third kappa shape index (κ3) is 3.58. The molecule has 2 aromatic rings. The highest BCUT2D eigenvalue weighted by atomic mass is 79.9. The Bertz CT molecular complexity index is 885. The second-order valence-corrected chi connectivity index (χ2v) is 8.32. The largest absolute Gasteiger partial charge is 0.312 e. The lowest BCUT2D eigenvalue weighted by Crippen LogP contribution is -2.23. The lowest BCUT2D eigenvalue weighted by atomic mass is 10.3. The van der Waals surface area contributed by atoms with Crippen LogP contribution in [-0.2, 0) is 14.8 Å². The second kappa shape index (κ2) is 6.74. The molecule has 24 heavy (non-hydrogen) atoms. The molecule has 0 radical (unpaired) electrons. The first-order chi connectivity index (χ1) is 11.4. The number of amides is 1. The Kier molecular flexibility index (Phi) is 4.85. The van der Waals surface area contributed by atoms with Crippen molar-refractivity contribution < 1.29 is 13.2 Å². The van der Waals surface area contributed by atoms with Gasteiger partial charge >= 0.3 is 0 Å². The van der Waals surface area contributed by atoms with Crippen molar-refractivity contribution in [2.45, 2.75) is 17.7 Å². The fraction of sp³-hybridized carbons (Fsp3) is 0.188. The van der Waals surface area contributed by atoms with Crippen molar-refractivity contribution in [1.82, 2.24) is 0 Å². The molecular weight excluding hydrogens is 416 g/mol. The van der Waals surface area contributed by atoms with Crippen LogP contribution < -0.4 is 9.62 Å². The molecule has 0 atom stereocenters. The van der Waals surface area contributed by atoms with Crippen LogP contribution in [0.5, 0.6) is 0 Å². The van der Waals surface area contributed by atoms with Crippen molar-refractivity contribution in [1.29, 1.82) is 0 Å². The first-order valence-electron chi connectivity index (χ1n) is 7.25. The number of carbonyl (C=O) groups is 1. The van der Waals surface area contributed by atoms with E-state index in [0.717, 1.165) is 6.42 Å². The van der Waals surface area contributed by atoms with Crippen LogP contribution in [0.1, 0.15) is 12.8 Å². The standard InChI is InChI=1S/C16H14BrClN2O3S/c17-14-8-3-11(10-15(14)18)19-24(22,23)13-6-4-12(5-7-13)20-9-1-2-16(20)21/h3-8,10,19H,1-2,9H2. The summed E-state index contributed by atoms with van der Waals surface area (Å²) in [4.78, 5) is 13.5. The minimum absolute atomic E-state index is 0.0632. The SMILES string of the molecule is O=C1CCCN1c1ccc(S(=O)(=O)Nc2ccc(Br)c(Cl)c2)cc1. The van der Waals surface area contributed by atoms with Crippen molar-refractivity contribution in [3.05, 3.63) is 52.0 Å². The van der Waals surface area contributed by atoms with Gasteiger partial charge in [0.15, 0.2) is 0 Å². The summed E-state index contributed by atoms with van der Waals surface area (Å²) in [5.74, 6) is 0.0632. The number of halogens is 2. The van der Waals surface area contributed by atoms with Crippen LogP contribution in [0.25, 0.3) is 0 Å². The van der Waals surface area contributed by atoms with E-state index >= 15 is 0 Å². The minimum Gasteiger partial charge on any atom is -0.312 e. The summed E-state index contributed by atoms with van der Waals surface area (Å²) in [7, 11) is -3.72. The summed E-state index contributed by atoms with van der Waals surface area (Å²) < 4.78 is 28.1. The van der Waals surface area contributed by atoms with E-state index in [1.165, 1.54) is 18.2 Å². The smallest absolute Gasteiger partial charge is 0.261 e. The maximum absolute atomic E-state index is 12.4. The number of nitrogens with one attached hydrogen (secondary N) is 1. The van der Waals surface area contributed by atoms with Gasteiger partial charge in [0.2, 0.25) is 5.91 Å². The van der Waals surface area contributed by atoms with Crippen LogP contribution in [0.3, 0.4) is 0 Å². The lowest BCUT2D eigenvalue weighted by molar-refractivity contribution is -0.117. The van der Waals surface area contributed by atoms with Gasteiger partial charge in [0.25, 0.3) is 10.0 Å². The predicted molar refractivity (Wildman–Crippen MR) is 98.0 cm³/mol. The molecule has 0 unspecified atom stereocenters. The molecule has 1 N–H and O–H groups in total. The van der Waals surface area contributed by atoms with Gasteiger partial charge in [0.05, 0.1) is 15.6 Å². The van der Waals surface area contributed by atoms with Gasteiger partial charge in [-0.2, -0.15) is 0 Å². The van der Waals surface area contributed by atoms with E-state index in [1.54, 1.807) is 29.2 Å². The monoisotopic (exact) mass is 428 g/mol. The number of carbonyl (C=O) groups excluding carboxylic acids is 1. The summed E-state index contributed by atoms with van der Waals surface area (Å²) in [6.07, 6.45) is 1.36. The van der Waals surface area contributed by atoms with E-state index in [-0.39, 0.29) is 10.8 Å². The van der Waals surface area contributed by atoms with E-state index in [0.29, 0.717) is 33.8 Å². The van der Waals surface area contributed by atoms with Crippen molar-refractivity contribution in [3.8, 4) is 0 Å². The van der Waals surface area contributed by atoms with Gasteiger partial charge in [0.1, 0.15) is 0 Å². The number of anilines is 2. The highest BCUT2D eigenvalue weighted by Gasteiger charge is 2.22. The van der Waals surface area contributed by atoms with Crippen LogP contribution in [0.2, 0.25) is 5.02 Å². The minimum atomic E-state index is -3.72. The molecule has 1 amide bonds. The van der Waals surface area contributed by atoms with Crippen molar-refractivity contribution in [3.63, 3.8) is 0 Å². The molecular formula is C16H14BrClN2O3S. The molecule has 1 aliphatic heterocycles. The third-order valence-electron chi connectivity index (χ3n) is 3.70. The van der Waals surface area contributed by atoms with Gasteiger partial charge < -0.3 is 4.90 Å². The quantitative estimate of drug-likeness (QED) is 0.798. The average Bonchev–Trinajstić information content (AvgIpc) is 2.97. The average molecular weight is 430 g/mol.